The summed E-state index contributed by atoms with van der Waals surface area (Å²) in [6.07, 6.45) is 3.64. The average Bonchev–Trinajstić information content (AvgIpc) is 3.09. The monoisotopic (exact) mass is 603 g/mol. The third-order valence-electron chi connectivity index (χ3n) is 7.93. The van der Waals surface area contributed by atoms with Gasteiger partial charge in [0.05, 0.1) is 35.7 Å². The van der Waals surface area contributed by atoms with E-state index in [1.54, 1.807) is 22.8 Å². The van der Waals surface area contributed by atoms with Crippen molar-refractivity contribution in [1.82, 2.24) is 9.13 Å². The molecule has 1 saturated heterocycles. The number of hydrogen-bond acceptors (Lipinski definition) is 6. The summed E-state index contributed by atoms with van der Waals surface area (Å²) in [4.78, 5) is 42.0. The van der Waals surface area contributed by atoms with Crippen molar-refractivity contribution in [2.45, 2.75) is 12.6 Å². The average molecular weight is 604 g/mol. The Morgan fingerprint density at radius 2 is 1.49 bits per heavy atom. The summed E-state index contributed by atoms with van der Waals surface area (Å²) in [5, 5.41) is 9.56. The van der Waals surface area contributed by atoms with Gasteiger partial charge in [0.2, 0.25) is 0 Å². The van der Waals surface area contributed by atoms with Gasteiger partial charge in [0.15, 0.2) is 0 Å². The standard InChI is InChI=1S/C36H33N3O6/c40-34-31-18-15-29(37-20-23-44-24-21-37)25-32(31)38(19-7-8-22-45-30-16-13-28(14-17-30)35(41)42)36(43)39(34)33(26-9-3-1-4-10-26)27-11-5-2-6-12-27/h1-18,25,33H,19-24H2,(H,41,42)/b8-7+. The Kier molecular flexibility index (Phi) is 8.89. The zero-order valence-electron chi connectivity index (χ0n) is 24.6. The van der Waals surface area contributed by atoms with Gasteiger partial charge in [0, 0.05) is 25.3 Å². The molecule has 1 aromatic heterocycles. The Morgan fingerprint density at radius 3 is 2.11 bits per heavy atom. The molecular weight excluding hydrogens is 570 g/mol. The fourth-order valence-electron chi connectivity index (χ4n) is 5.64. The van der Waals surface area contributed by atoms with Crippen LogP contribution in [0.4, 0.5) is 5.69 Å². The number of aromatic carboxylic acids is 1. The third kappa shape index (κ3) is 6.44. The largest absolute Gasteiger partial charge is 0.490 e. The number of rotatable bonds is 10. The number of carboxylic acid groups (broad SMARTS) is 1. The molecule has 0 bridgehead atoms. The smallest absolute Gasteiger partial charge is 0.335 e. The van der Waals surface area contributed by atoms with E-state index in [0.29, 0.717) is 29.9 Å². The van der Waals surface area contributed by atoms with Crippen LogP contribution in [0.3, 0.4) is 0 Å². The second-order valence-electron chi connectivity index (χ2n) is 10.7. The first-order valence-corrected chi connectivity index (χ1v) is 14.8. The van der Waals surface area contributed by atoms with E-state index in [-0.39, 0.29) is 24.3 Å². The fraction of sp³-hybridized carbons (Fsp3) is 0.194. The van der Waals surface area contributed by atoms with Gasteiger partial charge in [0.25, 0.3) is 5.56 Å². The van der Waals surface area contributed by atoms with Crippen LogP contribution < -0.4 is 20.9 Å². The summed E-state index contributed by atoms with van der Waals surface area (Å²) in [5.41, 5.74) is 2.55. The van der Waals surface area contributed by atoms with Crippen molar-refractivity contribution >= 4 is 22.6 Å². The Labute approximate surface area is 259 Å². The van der Waals surface area contributed by atoms with Gasteiger partial charge in [-0.05, 0) is 59.7 Å². The fourth-order valence-corrected chi connectivity index (χ4v) is 5.64. The number of carboxylic acids is 1. The molecule has 0 aliphatic carbocycles. The molecule has 45 heavy (non-hydrogen) atoms. The maximum absolute atomic E-state index is 14.4. The number of carbonyl (C=O) groups is 1. The molecule has 1 N–H and O–H groups in total. The Morgan fingerprint density at radius 1 is 0.844 bits per heavy atom. The van der Waals surface area contributed by atoms with Crippen LogP contribution in [0.1, 0.15) is 27.5 Å². The van der Waals surface area contributed by atoms with E-state index >= 15 is 0 Å². The van der Waals surface area contributed by atoms with Gasteiger partial charge in [-0.2, -0.15) is 0 Å². The van der Waals surface area contributed by atoms with Gasteiger partial charge in [-0.15, -0.1) is 0 Å². The summed E-state index contributed by atoms with van der Waals surface area (Å²) in [7, 11) is 0. The number of benzene rings is 4. The molecule has 0 radical (unpaired) electrons. The van der Waals surface area contributed by atoms with Crippen LogP contribution in [0, 0.1) is 0 Å². The van der Waals surface area contributed by atoms with E-state index < -0.39 is 17.7 Å². The van der Waals surface area contributed by atoms with Crippen molar-refractivity contribution in [2.75, 3.05) is 37.8 Å². The molecule has 5 aromatic rings. The first-order chi connectivity index (χ1) is 22.0. The molecule has 9 heteroatoms. The Balaban J connectivity index is 1.41. The predicted molar refractivity (Wildman–Crippen MR) is 174 cm³/mol. The van der Waals surface area contributed by atoms with Crippen LogP contribution in [0.5, 0.6) is 5.75 Å². The summed E-state index contributed by atoms with van der Waals surface area (Å²) in [6.45, 7) is 3.10. The van der Waals surface area contributed by atoms with Gasteiger partial charge in [-0.3, -0.25) is 9.36 Å². The molecule has 4 aromatic carbocycles. The maximum atomic E-state index is 14.4. The highest BCUT2D eigenvalue weighted by Crippen LogP contribution is 2.26. The van der Waals surface area contributed by atoms with Crippen LogP contribution in [0.25, 0.3) is 10.9 Å². The molecule has 0 spiro atoms. The number of aromatic nitrogens is 2. The molecule has 0 atom stereocenters. The number of hydrogen-bond donors (Lipinski definition) is 1. The quantitative estimate of drug-likeness (QED) is 0.225. The van der Waals surface area contributed by atoms with Crippen LogP contribution in [0.15, 0.2) is 125 Å². The van der Waals surface area contributed by atoms with Crippen LogP contribution in [0.2, 0.25) is 0 Å². The van der Waals surface area contributed by atoms with Gasteiger partial charge >= 0.3 is 11.7 Å². The van der Waals surface area contributed by atoms with E-state index in [1.807, 2.05) is 84.9 Å². The number of morpholine rings is 1. The minimum Gasteiger partial charge on any atom is -0.490 e. The molecule has 228 valence electrons. The lowest BCUT2D eigenvalue weighted by atomic mass is 9.98. The molecule has 0 unspecified atom stereocenters. The minimum atomic E-state index is -1.00. The molecule has 0 saturated carbocycles. The molecular formula is C36H33N3O6. The van der Waals surface area contributed by atoms with Crippen molar-refractivity contribution in [3.05, 3.63) is 153 Å². The van der Waals surface area contributed by atoms with Crippen LogP contribution in [-0.4, -0.2) is 53.1 Å². The maximum Gasteiger partial charge on any atom is 0.335 e. The van der Waals surface area contributed by atoms with E-state index in [9.17, 15) is 14.4 Å². The van der Waals surface area contributed by atoms with Crippen molar-refractivity contribution in [1.29, 1.82) is 0 Å². The second kappa shape index (κ2) is 13.5. The molecule has 1 aliphatic heterocycles. The molecule has 6 rings (SSSR count). The topological polar surface area (TPSA) is 103 Å². The SMILES string of the molecule is O=C(O)c1ccc(OC/C=C/Cn2c(=O)n(C(c3ccccc3)c3ccccc3)c(=O)c3ccc(N4CCOCC4)cc32)cc1. The van der Waals surface area contributed by atoms with E-state index in [4.69, 9.17) is 14.6 Å². The van der Waals surface area contributed by atoms with Crippen molar-refractivity contribution in [3.8, 4) is 5.75 Å². The lowest BCUT2D eigenvalue weighted by Gasteiger charge is -2.29. The minimum absolute atomic E-state index is 0.181. The number of fused-ring (bicyclic) bond motifs is 1. The van der Waals surface area contributed by atoms with Crippen molar-refractivity contribution in [2.24, 2.45) is 0 Å². The molecule has 1 fully saturated rings. The highest BCUT2D eigenvalue weighted by atomic mass is 16.5. The highest BCUT2D eigenvalue weighted by Gasteiger charge is 2.24. The van der Waals surface area contributed by atoms with Crippen LogP contribution in [-0.2, 0) is 11.3 Å². The van der Waals surface area contributed by atoms with Crippen molar-refractivity contribution in [3.63, 3.8) is 0 Å². The number of allylic oxidation sites excluding steroid dienone is 1. The Hall–Kier alpha value is -5.41. The summed E-state index contributed by atoms with van der Waals surface area (Å²) in [6, 6.07) is 30.4. The lowest BCUT2D eigenvalue weighted by Crippen LogP contribution is -2.43. The number of nitrogens with zero attached hydrogens (tertiary/aromatic N) is 3. The molecule has 2 heterocycles. The highest BCUT2D eigenvalue weighted by molar-refractivity contribution is 5.87. The Bertz CT molecular complexity index is 1890. The summed E-state index contributed by atoms with van der Waals surface area (Å²) in [5.74, 6) is -0.469. The van der Waals surface area contributed by atoms with E-state index in [1.165, 1.54) is 16.7 Å². The van der Waals surface area contributed by atoms with E-state index in [0.717, 1.165) is 29.9 Å². The summed E-state index contributed by atoms with van der Waals surface area (Å²) >= 11 is 0. The van der Waals surface area contributed by atoms with E-state index in [2.05, 4.69) is 4.90 Å². The van der Waals surface area contributed by atoms with Gasteiger partial charge in [-0.1, -0.05) is 66.7 Å². The normalized spacial score (nSPS) is 13.5. The van der Waals surface area contributed by atoms with Crippen LogP contribution >= 0.6 is 0 Å². The van der Waals surface area contributed by atoms with Gasteiger partial charge < -0.3 is 19.5 Å². The third-order valence-corrected chi connectivity index (χ3v) is 7.93. The molecule has 9 nitrogen and oxygen atoms in total. The zero-order chi connectivity index (χ0) is 31.2. The van der Waals surface area contributed by atoms with Gasteiger partial charge in [-0.25, -0.2) is 14.2 Å². The number of anilines is 1. The predicted octanol–water partition coefficient (Wildman–Crippen LogP) is 4.97. The number of ether oxygens (including phenoxy) is 2. The van der Waals surface area contributed by atoms with Crippen molar-refractivity contribution < 1.29 is 19.4 Å². The first kappa shape index (κ1) is 29.7. The molecule has 0 amide bonds. The first-order valence-electron chi connectivity index (χ1n) is 14.8. The summed E-state index contributed by atoms with van der Waals surface area (Å²) < 4.78 is 14.3. The van der Waals surface area contributed by atoms with Gasteiger partial charge in [0.1, 0.15) is 12.4 Å². The lowest BCUT2D eigenvalue weighted by molar-refractivity contribution is 0.0697. The molecule has 1 aliphatic rings. The zero-order valence-corrected chi connectivity index (χ0v) is 24.6. The second-order valence-corrected chi connectivity index (χ2v) is 10.7.